The smallest absolute Gasteiger partial charge is 0.269 e. The Hall–Kier alpha value is -1.85. The second-order valence-electron chi connectivity index (χ2n) is 4.66. The Labute approximate surface area is 107 Å². The van der Waals surface area contributed by atoms with Crippen molar-refractivity contribution in [3.05, 3.63) is 46.0 Å². The Morgan fingerprint density at radius 2 is 2.05 bits per heavy atom. The van der Waals surface area contributed by atoms with Crippen molar-refractivity contribution in [3.63, 3.8) is 0 Å². The maximum atomic E-state index is 13.3. The topological polar surface area (TPSA) is 34.4 Å². The molecule has 0 N–H and O–H groups in total. The SMILES string of the molecule is CC(C)c1ccn2c(=O)cc(C(F)(F)CF)nc2c1. The summed E-state index contributed by atoms with van der Waals surface area (Å²) in [5.74, 6) is -3.56. The van der Waals surface area contributed by atoms with Gasteiger partial charge >= 0.3 is 5.92 Å². The van der Waals surface area contributed by atoms with Crippen LogP contribution in [0.4, 0.5) is 13.2 Å². The molecular formula is C13H13F3N2O. The molecular weight excluding hydrogens is 257 g/mol. The first-order chi connectivity index (χ1) is 8.85. The minimum atomic E-state index is -3.73. The third-order valence-electron chi connectivity index (χ3n) is 2.90. The van der Waals surface area contributed by atoms with E-state index in [0.717, 1.165) is 9.96 Å². The highest BCUT2D eigenvalue weighted by molar-refractivity contribution is 5.43. The molecule has 19 heavy (non-hydrogen) atoms. The number of halogens is 3. The van der Waals surface area contributed by atoms with Gasteiger partial charge in [-0.2, -0.15) is 8.78 Å². The third kappa shape index (κ3) is 2.47. The first-order valence-corrected chi connectivity index (χ1v) is 5.83. The van der Waals surface area contributed by atoms with Crippen LogP contribution in [0.5, 0.6) is 0 Å². The van der Waals surface area contributed by atoms with E-state index in [1.165, 1.54) is 6.20 Å². The molecule has 2 aromatic rings. The number of aromatic nitrogens is 2. The van der Waals surface area contributed by atoms with Crippen LogP contribution in [0.25, 0.3) is 5.65 Å². The summed E-state index contributed by atoms with van der Waals surface area (Å²) in [7, 11) is 0. The molecule has 0 radical (unpaired) electrons. The summed E-state index contributed by atoms with van der Waals surface area (Å²) < 4.78 is 40.0. The van der Waals surface area contributed by atoms with Crippen molar-refractivity contribution in [3.8, 4) is 0 Å². The van der Waals surface area contributed by atoms with E-state index in [4.69, 9.17) is 0 Å². The summed E-state index contributed by atoms with van der Waals surface area (Å²) in [4.78, 5) is 15.4. The van der Waals surface area contributed by atoms with Gasteiger partial charge in [-0.1, -0.05) is 13.8 Å². The van der Waals surface area contributed by atoms with Crippen LogP contribution >= 0.6 is 0 Å². The van der Waals surface area contributed by atoms with E-state index >= 15 is 0 Å². The Morgan fingerprint density at radius 3 is 2.63 bits per heavy atom. The van der Waals surface area contributed by atoms with Gasteiger partial charge in [-0.05, 0) is 23.6 Å². The number of hydrogen-bond acceptors (Lipinski definition) is 2. The lowest BCUT2D eigenvalue weighted by molar-refractivity contribution is -0.0321. The van der Waals surface area contributed by atoms with Crippen molar-refractivity contribution in [1.82, 2.24) is 9.38 Å². The highest BCUT2D eigenvalue weighted by atomic mass is 19.3. The van der Waals surface area contributed by atoms with Gasteiger partial charge in [0.2, 0.25) is 0 Å². The molecule has 3 nitrogen and oxygen atoms in total. The molecule has 2 rings (SSSR count). The number of rotatable bonds is 3. The predicted octanol–water partition coefficient (Wildman–Crippen LogP) is 2.88. The average Bonchev–Trinajstić information content (AvgIpc) is 2.37. The minimum absolute atomic E-state index is 0.0989. The van der Waals surface area contributed by atoms with Crippen molar-refractivity contribution < 1.29 is 13.2 Å². The standard InChI is InChI=1S/C13H13F3N2O/c1-8(2)9-3-4-18-11(5-9)17-10(6-12(18)19)13(15,16)7-14/h3-6,8H,7H2,1-2H3. The van der Waals surface area contributed by atoms with E-state index in [-0.39, 0.29) is 11.6 Å². The van der Waals surface area contributed by atoms with Gasteiger partial charge in [0.15, 0.2) is 6.67 Å². The highest BCUT2D eigenvalue weighted by Gasteiger charge is 2.34. The van der Waals surface area contributed by atoms with Crippen LogP contribution in [0.2, 0.25) is 0 Å². The fourth-order valence-corrected chi connectivity index (χ4v) is 1.73. The van der Waals surface area contributed by atoms with Crippen molar-refractivity contribution in [2.45, 2.75) is 25.7 Å². The zero-order valence-corrected chi connectivity index (χ0v) is 10.5. The number of fused-ring (bicyclic) bond motifs is 1. The normalized spacial score (nSPS) is 12.3. The first-order valence-electron chi connectivity index (χ1n) is 5.83. The lowest BCUT2D eigenvalue weighted by Crippen LogP contribution is -2.24. The Kier molecular flexibility index (Phi) is 3.34. The molecule has 0 fully saturated rings. The summed E-state index contributed by atoms with van der Waals surface area (Å²) in [6, 6.07) is 3.96. The monoisotopic (exact) mass is 270 g/mol. The van der Waals surface area contributed by atoms with E-state index in [1.807, 2.05) is 13.8 Å². The number of hydrogen-bond donors (Lipinski definition) is 0. The van der Waals surface area contributed by atoms with E-state index < -0.39 is 23.9 Å². The Balaban J connectivity index is 2.70. The molecule has 0 spiro atoms. The second kappa shape index (κ2) is 4.68. The van der Waals surface area contributed by atoms with Gasteiger partial charge in [0.25, 0.3) is 5.56 Å². The molecule has 0 aliphatic carbocycles. The molecule has 0 aliphatic rings. The molecule has 102 valence electrons. The summed E-state index contributed by atoms with van der Waals surface area (Å²) in [6.07, 6.45) is 1.48. The summed E-state index contributed by atoms with van der Waals surface area (Å²) in [6.45, 7) is 1.99. The third-order valence-corrected chi connectivity index (χ3v) is 2.90. The number of nitrogens with zero attached hydrogens (tertiary/aromatic N) is 2. The Morgan fingerprint density at radius 1 is 1.37 bits per heavy atom. The second-order valence-corrected chi connectivity index (χ2v) is 4.66. The minimum Gasteiger partial charge on any atom is -0.269 e. The van der Waals surface area contributed by atoms with E-state index in [0.29, 0.717) is 6.07 Å². The summed E-state index contributed by atoms with van der Waals surface area (Å²) in [5, 5.41) is 0. The number of pyridine rings is 1. The van der Waals surface area contributed by atoms with Crippen LogP contribution in [0, 0.1) is 0 Å². The van der Waals surface area contributed by atoms with Crippen molar-refractivity contribution in [2.75, 3.05) is 6.67 Å². The maximum Gasteiger partial charge on any atom is 0.317 e. The Bertz CT molecular complexity index is 664. The van der Waals surface area contributed by atoms with Gasteiger partial charge in [-0.15, -0.1) is 0 Å². The number of alkyl halides is 3. The lowest BCUT2D eigenvalue weighted by Gasteiger charge is -2.13. The molecule has 0 aromatic carbocycles. The van der Waals surface area contributed by atoms with Crippen molar-refractivity contribution in [2.24, 2.45) is 0 Å². The molecule has 6 heteroatoms. The summed E-state index contributed by atoms with van der Waals surface area (Å²) >= 11 is 0. The van der Waals surface area contributed by atoms with Gasteiger partial charge in [-0.3, -0.25) is 9.20 Å². The molecule has 0 bridgehead atoms. The molecule has 0 saturated heterocycles. The quantitative estimate of drug-likeness (QED) is 0.859. The zero-order valence-electron chi connectivity index (χ0n) is 10.5. The van der Waals surface area contributed by atoms with Gasteiger partial charge < -0.3 is 0 Å². The van der Waals surface area contributed by atoms with Gasteiger partial charge in [0, 0.05) is 12.3 Å². The first kappa shape index (κ1) is 13.6. The van der Waals surface area contributed by atoms with Crippen molar-refractivity contribution >= 4 is 5.65 Å². The molecule has 0 unspecified atom stereocenters. The molecule has 2 aromatic heterocycles. The molecule has 0 aliphatic heterocycles. The largest absolute Gasteiger partial charge is 0.317 e. The fourth-order valence-electron chi connectivity index (χ4n) is 1.73. The average molecular weight is 270 g/mol. The lowest BCUT2D eigenvalue weighted by atomic mass is 10.1. The maximum absolute atomic E-state index is 13.3. The van der Waals surface area contributed by atoms with E-state index in [2.05, 4.69) is 4.98 Å². The zero-order chi connectivity index (χ0) is 14.2. The van der Waals surface area contributed by atoms with Gasteiger partial charge in [-0.25, -0.2) is 9.37 Å². The van der Waals surface area contributed by atoms with Crippen LogP contribution in [-0.4, -0.2) is 16.1 Å². The van der Waals surface area contributed by atoms with Crippen LogP contribution in [-0.2, 0) is 5.92 Å². The van der Waals surface area contributed by atoms with Crippen LogP contribution in [0.3, 0.4) is 0 Å². The highest BCUT2D eigenvalue weighted by Crippen LogP contribution is 2.26. The van der Waals surface area contributed by atoms with Crippen LogP contribution in [0.15, 0.2) is 29.2 Å². The van der Waals surface area contributed by atoms with E-state index in [9.17, 15) is 18.0 Å². The molecule has 0 amide bonds. The molecule has 0 saturated carbocycles. The van der Waals surface area contributed by atoms with Crippen LogP contribution in [0.1, 0.15) is 31.0 Å². The predicted molar refractivity (Wildman–Crippen MR) is 65.4 cm³/mol. The van der Waals surface area contributed by atoms with Gasteiger partial charge in [0.05, 0.1) is 0 Å². The molecule has 0 atom stereocenters. The van der Waals surface area contributed by atoms with Crippen LogP contribution < -0.4 is 5.56 Å². The summed E-state index contributed by atoms with van der Waals surface area (Å²) in [5.41, 5.74) is -0.515. The van der Waals surface area contributed by atoms with Crippen molar-refractivity contribution in [1.29, 1.82) is 0 Å². The van der Waals surface area contributed by atoms with Gasteiger partial charge in [0.1, 0.15) is 11.3 Å². The fraction of sp³-hybridized carbons (Fsp3) is 0.385. The molecule has 2 heterocycles. The van der Waals surface area contributed by atoms with E-state index in [1.54, 1.807) is 12.1 Å².